The molecule has 1 aromatic carbocycles. The fraction of sp³-hybridized carbons (Fsp3) is 0.545. The predicted molar refractivity (Wildman–Crippen MR) is 110 cm³/mol. The lowest BCUT2D eigenvalue weighted by Gasteiger charge is -2.54. The van der Waals surface area contributed by atoms with Crippen LogP contribution in [-0.4, -0.2) is 77.6 Å². The Morgan fingerprint density at radius 3 is 2.66 bits per heavy atom. The van der Waals surface area contributed by atoms with Crippen LogP contribution in [0, 0.1) is 0 Å². The molecule has 1 unspecified atom stereocenters. The van der Waals surface area contributed by atoms with Crippen LogP contribution < -0.4 is 5.32 Å². The summed E-state index contributed by atoms with van der Waals surface area (Å²) in [5.74, 6) is 0.0683. The summed E-state index contributed by atoms with van der Waals surface area (Å²) in [4.78, 5) is 32.6. The molecule has 7 nitrogen and oxygen atoms in total. The first-order chi connectivity index (χ1) is 14.0. The first-order valence-corrected chi connectivity index (χ1v) is 10.5. The highest BCUT2D eigenvalue weighted by molar-refractivity contribution is 5.98. The summed E-state index contributed by atoms with van der Waals surface area (Å²) in [5.41, 5.74) is 1.22. The summed E-state index contributed by atoms with van der Waals surface area (Å²) in [6, 6.07) is 9.86. The van der Waals surface area contributed by atoms with Crippen LogP contribution in [0.15, 0.2) is 30.3 Å². The third-order valence-electron chi connectivity index (χ3n) is 6.63. The second kappa shape index (κ2) is 7.15. The molecule has 1 aliphatic carbocycles. The van der Waals surface area contributed by atoms with E-state index in [1.54, 1.807) is 0 Å². The van der Waals surface area contributed by atoms with Crippen LogP contribution in [0.3, 0.4) is 0 Å². The van der Waals surface area contributed by atoms with Crippen molar-refractivity contribution in [3.05, 3.63) is 36.0 Å². The molecule has 2 aromatic rings. The zero-order valence-corrected chi connectivity index (χ0v) is 16.8. The largest absolute Gasteiger partial charge is 0.368 e. The van der Waals surface area contributed by atoms with Crippen molar-refractivity contribution >= 4 is 22.7 Å². The van der Waals surface area contributed by atoms with Crippen LogP contribution in [0.2, 0.25) is 0 Å². The first kappa shape index (κ1) is 18.6. The minimum atomic E-state index is -0.361. The number of para-hydroxylation sites is 1. The molecule has 2 amide bonds. The number of amides is 2. The van der Waals surface area contributed by atoms with E-state index in [2.05, 4.69) is 15.2 Å². The number of nitrogens with zero attached hydrogens (tertiary/aromatic N) is 2. The highest BCUT2D eigenvalue weighted by atomic mass is 16.5. The molecule has 0 radical (unpaired) electrons. The summed E-state index contributed by atoms with van der Waals surface area (Å²) in [5, 5.41) is 4.21. The molecule has 1 spiro atoms. The molecule has 7 heteroatoms. The third-order valence-corrected chi connectivity index (χ3v) is 6.63. The molecule has 3 heterocycles. The lowest BCUT2D eigenvalue weighted by Crippen LogP contribution is -2.73. The van der Waals surface area contributed by atoms with Gasteiger partial charge in [0.15, 0.2) is 0 Å². The molecule has 5 rings (SSSR count). The minimum Gasteiger partial charge on any atom is -0.368 e. The number of likely N-dealkylation sites (tertiary alicyclic amines) is 1. The monoisotopic (exact) mass is 396 g/mol. The second-order valence-electron chi connectivity index (χ2n) is 8.85. The maximum Gasteiger partial charge on any atom is 0.270 e. The first-order valence-electron chi connectivity index (χ1n) is 10.5. The van der Waals surface area contributed by atoms with Gasteiger partial charge >= 0.3 is 0 Å². The third kappa shape index (κ3) is 3.42. The molecule has 1 atom stereocenters. The van der Waals surface area contributed by atoms with Crippen molar-refractivity contribution in [2.75, 3.05) is 33.3 Å². The van der Waals surface area contributed by atoms with Crippen LogP contribution in [-0.2, 0) is 9.53 Å². The van der Waals surface area contributed by atoms with Gasteiger partial charge in [-0.15, -0.1) is 0 Å². The smallest absolute Gasteiger partial charge is 0.270 e. The molecule has 2 N–H and O–H groups in total. The number of hydrogen-bond donors (Lipinski definition) is 2. The van der Waals surface area contributed by atoms with Crippen LogP contribution in [0.4, 0.5) is 0 Å². The number of rotatable bonds is 3. The van der Waals surface area contributed by atoms with Gasteiger partial charge in [0.2, 0.25) is 5.91 Å². The van der Waals surface area contributed by atoms with Crippen LogP contribution in [0.5, 0.6) is 0 Å². The Balaban J connectivity index is 1.18. The molecule has 2 aliphatic heterocycles. The Kier molecular flexibility index (Phi) is 4.59. The van der Waals surface area contributed by atoms with E-state index in [4.69, 9.17) is 4.74 Å². The maximum atomic E-state index is 12.8. The molecule has 2 saturated heterocycles. The van der Waals surface area contributed by atoms with Gasteiger partial charge in [-0.1, -0.05) is 31.0 Å². The highest BCUT2D eigenvalue weighted by Crippen LogP contribution is 2.32. The van der Waals surface area contributed by atoms with Gasteiger partial charge < -0.3 is 19.9 Å². The average molecular weight is 396 g/mol. The predicted octanol–water partition coefficient (Wildman–Crippen LogP) is 1.75. The van der Waals surface area contributed by atoms with Crippen LogP contribution in [0.1, 0.15) is 36.2 Å². The quantitative estimate of drug-likeness (QED) is 0.829. The fourth-order valence-corrected chi connectivity index (χ4v) is 4.98. The topological polar surface area (TPSA) is 77.7 Å². The van der Waals surface area contributed by atoms with Gasteiger partial charge in [0, 0.05) is 23.5 Å². The number of hydrogen-bond acceptors (Lipinski definition) is 4. The van der Waals surface area contributed by atoms with Crippen molar-refractivity contribution in [2.45, 2.75) is 43.4 Å². The van der Waals surface area contributed by atoms with E-state index in [1.807, 2.05) is 42.3 Å². The van der Waals surface area contributed by atoms with Crippen LogP contribution in [0.25, 0.3) is 10.9 Å². The van der Waals surface area contributed by atoms with Crippen molar-refractivity contribution in [1.29, 1.82) is 0 Å². The molecule has 1 aromatic heterocycles. The van der Waals surface area contributed by atoms with Crippen molar-refractivity contribution < 1.29 is 14.3 Å². The normalized spacial score (nSPS) is 24.7. The van der Waals surface area contributed by atoms with E-state index >= 15 is 0 Å². The molecule has 29 heavy (non-hydrogen) atoms. The minimum absolute atomic E-state index is 0.000761. The SMILES string of the molecule is CN1CC2(CN(C(=O)c3cc4ccccc4[nH]3)C2)OCC1C(=O)NC1CCCC1. The Morgan fingerprint density at radius 1 is 1.17 bits per heavy atom. The number of fused-ring (bicyclic) bond motifs is 1. The van der Waals surface area contributed by atoms with Gasteiger partial charge in [-0.05, 0) is 32.0 Å². The van der Waals surface area contributed by atoms with Crippen molar-refractivity contribution in [3.63, 3.8) is 0 Å². The van der Waals surface area contributed by atoms with Gasteiger partial charge in [-0.2, -0.15) is 0 Å². The lowest BCUT2D eigenvalue weighted by atomic mass is 9.90. The van der Waals surface area contributed by atoms with E-state index in [9.17, 15) is 9.59 Å². The number of likely N-dealkylation sites (N-methyl/N-ethyl adjacent to an activating group) is 1. The molecule has 154 valence electrons. The average Bonchev–Trinajstić information content (AvgIpc) is 3.34. The van der Waals surface area contributed by atoms with E-state index in [0.717, 1.165) is 23.7 Å². The number of benzene rings is 1. The summed E-state index contributed by atoms with van der Waals surface area (Å²) >= 11 is 0. The van der Waals surface area contributed by atoms with Gasteiger partial charge in [0.1, 0.15) is 17.3 Å². The maximum absolute atomic E-state index is 12.8. The van der Waals surface area contributed by atoms with Crippen molar-refractivity contribution in [3.8, 4) is 0 Å². The van der Waals surface area contributed by atoms with E-state index in [1.165, 1.54) is 12.8 Å². The number of carbonyl (C=O) groups excluding carboxylic acids is 2. The standard InChI is InChI=1S/C22H28N4O3/c1-25-12-22(29-11-19(25)20(27)23-16-7-3-4-8-16)13-26(14-22)21(28)18-10-15-6-2-5-9-17(15)24-18/h2,5-6,9-10,16,19,24H,3-4,7-8,11-14H2,1H3,(H,23,27). The fourth-order valence-electron chi connectivity index (χ4n) is 4.98. The summed E-state index contributed by atoms with van der Waals surface area (Å²) in [7, 11) is 1.98. The number of H-pyrrole nitrogens is 1. The Morgan fingerprint density at radius 2 is 1.93 bits per heavy atom. The Bertz CT molecular complexity index is 894. The molecule has 3 fully saturated rings. The number of aromatic amines is 1. The molecule has 0 bridgehead atoms. The van der Waals surface area contributed by atoms with Crippen molar-refractivity contribution in [2.24, 2.45) is 0 Å². The number of morpholine rings is 1. The number of aromatic nitrogens is 1. The van der Waals surface area contributed by atoms with E-state index in [0.29, 0.717) is 38.0 Å². The van der Waals surface area contributed by atoms with Gasteiger partial charge in [0.25, 0.3) is 5.91 Å². The van der Waals surface area contributed by atoms with Crippen LogP contribution >= 0.6 is 0 Å². The summed E-state index contributed by atoms with van der Waals surface area (Å²) < 4.78 is 6.14. The molecule has 1 saturated carbocycles. The zero-order chi connectivity index (χ0) is 20.0. The highest BCUT2D eigenvalue weighted by Gasteiger charge is 2.51. The lowest BCUT2D eigenvalue weighted by molar-refractivity contribution is -0.187. The Hall–Kier alpha value is -2.38. The van der Waals surface area contributed by atoms with E-state index < -0.39 is 0 Å². The van der Waals surface area contributed by atoms with Gasteiger partial charge in [-0.3, -0.25) is 14.5 Å². The number of ether oxygens (including phenoxy) is 1. The van der Waals surface area contributed by atoms with Gasteiger partial charge in [-0.25, -0.2) is 0 Å². The van der Waals surface area contributed by atoms with E-state index in [-0.39, 0.29) is 23.5 Å². The molecular weight excluding hydrogens is 368 g/mol. The Labute approximate surface area is 170 Å². The van der Waals surface area contributed by atoms with Gasteiger partial charge in [0.05, 0.1) is 19.7 Å². The molecule has 3 aliphatic rings. The number of nitrogens with one attached hydrogen (secondary N) is 2. The molecular formula is C22H28N4O3. The summed E-state index contributed by atoms with van der Waals surface area (Å²) in [6.07, 6.45) is 4.56. The van der Waals surface area contributed by atoms with Crippen molar-refractivity contribution in [1.82, 2.24) is 20.1 Å². The zero-order valence-electron chi connectivity index (χ0n) is 16.8. The number of carbonyl (C=O) groups is 2. The second-order valence-corrected chi connectivity index (χ2v) is 8.85. The summed E-state index contributed by atoms with van der Waals surface area (Å²) in [6.45, 7) is 2.15.